The van der Waals surface area contributed by atoms with Crippen LogP contribution in [0.1, 0.15) is 162 Å². The Hall–Kier alpha value is -0.990. The van der Waals surface area contributed by atoms with E-state index >= 15 is 0 Å². The van der Waals surface area contributed by atoms with Crippen LogP contribution in [0.25, 0.3) is 0 Å². The largest absolute Gasteiger partial charge is 0.477 e. The molecule has 0 amide bonds. The summed E-state index contributed by atoms with van der Waals surface area (Å²) in [5, 5.41) is 9.78. The zero-order valence-electron chi connectivity index (χ0n) is 22.9. The van der Waals surface area contributed by atoms with Crippen LogP contribution in [-0.4, -0.2) is 29.1 Å². The Morgan fingerprint density at radius 3 is 1.18 bits per heavy atom. The summed E-state index contributed by atoms with van der Waals surface area (Å²) in [5.74, 6) is -0.748. The summed E-state index contributed by atoms with van der Waals surface area (Å²) in [7, 11) is 0. The quantitative estimate of drug-likeness (QED) is 0.102. The molecule has 33 heavy (non-hydrogen) atoms. The normalized spacial score (nSPS) is 11.8. The minimum atomic E-state index is -0.748. The van der Waals surface area contributed by atoms with Gasteiger partial charge in [0.1, 0.15) is 5.70 Å². The lowest BCUT2D eigenvalue weighted by Gasteiger charge is -2.25. The molecular formula is C30H59NO2. The summed E-state index contributed by atoms with van der Waals surface area (Å²) < 4.78 is 0. The first-order chi connectivity index (χ1) is 16.2. The van der Waals surface area contributed by atoms with Crippen molar-refractivity contribution in [3.05, 3.63) is 11.8 Å². The van der Waals surface area contributed by atoms with Crippen molar-refractivity contribution >= 4 is 5.97 Å². The van der Waals surface area contributed by atoms with Crippen LogP contribution in [-0.2, 0) is 4.79 Å². The summed E-state index contributed by atoms with van der Waals surface area (Å²) in [6.45, 7) is 8.45. The molecule has 3 heteroatoms. The van der Waals surface area contributed by atoms with E-state index in [1.54, 1.807) is 0 Å². The maximum atomic E-state index is 11.9. The highest BCUT2D eigenvalue weighted by molar-refractivity contribution is 5.85. The number of carboxylic acids is 1. The molecule has 0 saturated heterocycles. The molecule has 0 aliphatic carbocycles. The maximum absolute atomic E-state index is 11.9. The van der Waals surface area contributed by atoms with Gasteiger partial charge in [0, 0.05) is 13.1 Å². The van der Waals surface area contributed by atoms with Crippen LogP contribution in [0.5, 0.6) is 0 Å². The van der Waals surface area contributed by atoms with E-state index in [0.717, 1.165) is 38.8 Å². The van der Waals surface area contributed by atoms with E-state index in [-0.39, 0.29) is 0 Å². The molecule has 0 aliphatic rings. The highest BCUT2D eigenvalue weighted by Gasteiger charge is 2.15. The van der Waals surface area contributed by atoms with Crippen LogP contribution in [0.4, 0.5) is 0 Å². The van der Waals surface area contributed by atoms with Crippen LogP contribution in [0, 0.1) is 0 Å². The van der Waals surface area contributed by atoms with E-state index in [4.69, 9.17) is 0 Å². The Labute approximate surface area is 207 Å². The van der Waals surface area contributed by atoms with Crippen LogP contribution < -0.4 is 0 Å². The number of aliphatic carboxylic acids is 1. The van der Waals surface area contributed by atoms with E-state index in [9.17, 15) is 9.90 Å². The predicted molar refractivity (Wildman–Crippen MR) is 146 cm³/mol. The molecule has 0 radical (unpaired) electrons. The molecule has 0 unspecified atom stereocenters. The third kappa shape index (κ3) is 21.3. The molecule has 0 atom stereocenters. The smallest absolute Gasteiger partial charge is 0.351 e. The topological polar surface area (TPSA) is 40.5 Å². The van der Waals surface area contributed by atoms with Gasteiger partial charge < -0.3 is 10.0 Å². The zero-order chi connectivity index (χ0) is 24.4. The summed E-state index contributed by atoms with van der Waals surface area (Å²) >= 11 is 0. The van der Waals surface area contributed by atoms with Gasteiger partial charge in [-0.3, -0.25) is 0 Å². The molecule has 0 fully saturated rings. The number of unbranched alkanes of at least 4 members (excludes halogenated alkanes) is 19. The molecule has 0 aromatic carbocycles. The second-order valence-electron chi connectivity index (χ2n) is 10.0. The fraction of sp³-hybridized carbons (Fsp3) is 0.900. The van der Waals surface area contributed by atoms with Crippen LogP contribution >= 0.6 is 0 Å². The summed E-state index contributed by atoms with van der Waals surface area (Å²) in [5.41, 5.74) is 0.545. The average Bonchev–Trinajstić information content (AvgIpc) is 2.80. The first-order valence-corrected chi connectivity index (χ1v) is 14.9. The van der Waals surface area contributed by atoms with Gasteiger partial charge in [-0.2, -0.15) is 0 Å². The number of carboxylic acid groups (broad SMARTS) is 1. The zero-order valence-corrected chi connectivity index (χ0v) is 22.9. The number of nitrogens with zero attached hydrogens (tertiary/aromatic N) is 1. The van der Waals surface area contributed by atoms with Gasteiger partial charge in [-0.25, -0.2) is 4.79 Å². The molecule has 0 heterocycles. The molecule has 196 valence electrons. The lowest BCUT2D eigenvalue weighted by atomic mass is 10.1. The first-order valence-electron chi connectivity index (χ1n) is 14.9. The lowest BCUT2D eigenvalue weighted by Crippen LogP contribution is -2.30. The molecule has 0 bridgehead atoms. The minimum Gasteiger partial charge on any atom is -0.477 e. The maximum Gasteiger partial charge on any atom is 0.351 e. The third-order valence-corrected chi connectivity index (χ3v) is 6.75. The Morgan fingerprint density at radius 2 is 0.879 bits per heavy atom. The fourth-order valence-corrected chi connectivity index (χ4v) is 4.57. The van der Waals surface area contributed by atoms with Crippen molar-refractivity contribution in [1.82, 2.24) is 4.90 Å². The summed E-state index contributed by atoms with van der Waals surface area (Å²) in [6.07, 6.45) is 30.2. The van der Waals surface area contributed by atoms with E-state index in [0.29, 0.717) is 5.70 Å². The summed E-state index contributed by atoms with van der Waals surface area (Å²) in [4.78, 5) is 14.1. The molecule has 0 spiro atoms. The summed E-state index contributed by atoms with van der Waals surface area (Å²) in [6, 6.07) is 0. The SMILES string of the molecule is CCC/C=C(\C(=O)O)N(CCCCCCCCCCCC)CCCCCCCCCCCC. The van der Waals surface area contributed by atoms with Crippen molar-refractivity contribution in [1.29, 1.82) is 0 Å². The standard InChI is InChI=1S/C30H59NO2/c1-4-7-10-12-14-16-18-20-22-24-27-31(29(30(32)33)26-9-6-3)28-25-23-21-19-17-15-13-11-8-5-2/h26H,4-25,27-28H2,1-3H3,(H,32,33)/b29-26+. The molecule has 0 saturated carbocycles. The van der Waals surface area contributed by atoms with Gasteiger partial charge in [0.2, 0.25) is 0 Å². The minimum absolute atomic E-state index is 0.545. The Kier molecular flexibility index (Phi) is 24.9. The van der Waals surface area contributed by atoms with Gasteiger partial charge in [-0.1, -0.05) is 149 Å². The van der Waals surface area contributed by atoms with Gasteiger partial charge in [0.05, 0.1) is 0 Å². The molecular weight excluding hydrogens is 406 g/mol. The lowest BCUT2D eigenvalue weighted by molar-refractivity contribution is -0.134. The Balaban J connectivity index is 4.16. The van der Waals surface area contributed by atoms with Gasteiger partial charge in [0.25, 0.3) is 0 Å². The predicted octanol–water partition coefficient (Wildman–Crippen LogP) is 9.90. The van der Waals surface area contributed by atoms with Crippen molar-refractivity contribution in [3.8, 4) is 0 Å². The van der Waals surface area contributed by atoms with Gasteiger partial charge in [0.15, 0.2) is 0 Å². The van der Waals surface area contributed by atoms with Crippen molar-refractivity contribution in [2.24, 2.45) is 0 Å². The number of carbonyl (C=O) groups is 1. The molecule has 0 aromatic heterocycles. The Bertz CT molecular complexity index is 423. The average molecular weight is 466 g/mol. The van der Waals surface area contributed by atoms with E-state index in [1.165, 1.54) is 116 Å². The third-order valence-electron chi connectivity index (χ3n) is 6.75. The van der Waals surface area contributed by atoms with Crippen molar-refractivity contribution in [2.75, 3.05) is 13.1 Å². The first kappa shape index (κ1) is 32.0. The number of hydrogen-bond acceptors (Lipinski definition) is 2. The molecule has 0 aromatic rings. The van der Waals surface area contributed by atoms with Crippen LogP contribution in [0.2, 0.25) is 0 Å². The van der Waals surface area contributed by atoms with Crippen molar-refractivity contribution in [2.45, 2.75) is 162 Å². The van der Waals surface area contributed by atoms with Crippen molar-refractivity contribution < 1.29 is 9.90 Å². The monoisotopic (exact) mass is 465 g/mol. The highest BCUT2D eigenvalue weighted by Crippen LogP contribution is 2.16. The van der Waals surface area contributed by atoms with Gasteiger partial charge in [-0.05, 0) is 19.3 Å². The second-order valence-corrected chi connectivity index (χ2v) is 10.0. The number of hydrogen-bond donors (Lipinski definition) is 1. The molecule has 1 N–H and O–H groups in total. The number of allylic oxidation sites excluding steroid dienone is 1. The molecule has 3 nitrogen and oxygen atoms in total. The Morgan fingerprint density at radius 1 is 0.545 bits per heavy atom. The van der Waals surface area contributed by atoms with Crippen molar-refractivity contribution in [3.63, 3.8) is 0 Å². The van der Waals surface area contributed by atoms with Crippen LogP contribution in [0.15, 0.2) is 11.8 Å². The fourth-order valence-electron chi connectivity index (χ4n) is 4.57. The van der Waals surface area contributed by atoms with E-state index in [2.05, 4.69) is 25.7 Å². The molecule has 0 rings (SSSR count). The van der Waals surface area contributed by atoms with E-state index in [1.807, 2.05) is 6.08 Å². The van der Waals surface area contributed by atoms with Gasteiger partial charge >= 0.3 is 5.97 Å². The number of rotatable bonds is 26. The van der Waals surface area contributed by atoms with E-state index < -0.39 is 5.97 Å². The highest BCUT2D eigenvalue weighted by atomic mass is 16.4. The van der Waals surface area contributed by atoms with Gasteiger partial charge in [-0.15, -0.1) is 0 Å². The van der Waals surface area contributed by atoms with Crippen LogP contribution in [0.3, 0.4) is 0 Å². The molecule has 0 aliphatic heterocycles. The second kappa shape index (κ2) is 25.6.